The number of ether oxygens (including phenoxy) is 1. The standard InChI is InChI=1S/C25H22ClN3O6S/c1-16-12-20(13-17(2)24(16)26)35-11-10-28-22-9-4-3-6-18(22)14-23(28)25(30)27-36(33,34)21-8-5-7-19(15-21)29(31)32/h3-9,12-15H,10-11H2,1-2H3,(H,27,30). The number of carbonyl (C=O) groups excluding carboxylic acids is 1. The van der Waals surface area contributed by atoms with Gasteiger partial charge < -0.3 is 9.30 Å². The Hall–Kier alpha value is -3.89. The second-order valence-corrected chi connectivity index (χ2v) is 10.2. The molecular weight excluding hydrogens is 506 g/mol. The van der Waals surface area contributed by atoms with Crippen LogP contribution in [0.2, 0.25) is 5.02 Å². The zero-order chi connectivity index (χ0) is 26.0. The number of aryl methyl sites for hydroxylation is 2. The molecule has 0 unspecified atom stereocenters. The normalized spacial score (nSPS) is 11.4. The van der Waals surface area contributed by atoms with Gasteiger partial charge in [-0.3, -0.25) is 14.9 Å². The minimum atomic E-state index is -4.36. The fraction of sp³-hybridized carbons (Fsp3) is 0.160. The molecule has 1 amide bonds. The predicted molar refractivity (Wildman–Crippen MR) is 136 cm³/mol. The van der Waals surface area contributed by atoms with Gasteiger partial charge in [0, 0.05) is 28.1 Å². The minimum Gasteiger partial charge on any atom is -0.492 e. The predicted octanol–water partition coefficient (Wildman–Crippen LogP) is 5.02. The van der Waals surface area contributed by atoms with Crippen LogP contribution in [-0.2, 0) is 16.6 Å². The second kappa shape index (κ2) is 10.00. The quantitative estimate of drug-likeness (QED) is 0.254. The molecule has 1 heterocycles. The minimum absolute atomic E-state index is 0.109. The first-order valence-electron chi connectivity index (χ1n) is 10.9. The molecule has 1 aromatic heterocycles. The molecule has 3 aromatic carbocycles. The Morgan fingerprint density at radius 3 is 2.44 bits per heavy atom. The zero-order valence-electron chi connectivity index (χ0n) is 19.4. The highest BCUT2D eigenvalue weighted by Gasteiger charge is 2.24. The van der Waals surface area contributed by atoms with E-state index in [1.807, 2.05) is 55.0 Å². The number of hydrogen-bond donors (Lipinski definition) is 1. The molecule has 36 heavy (non-hydrogen) atoms. The molecule has 4 aromatic rings. The first-order valence-corrected chi connectivity index (χ1v) is 12.7. The lowest BCUT2D eigenvalue weighted by Crippen LogP contribution is -2.32. The van der Waals surface area contributed by atoms with Crippen molar-refractivity contribution in [2.45, 2.75) is 25.3 Å². The number of sulfonamides is 1. The highest BCUT2D eigenvalue weighted by atomic mass is 35.5. The van der Waals surface area contributed by atoms with Crippen LogP contribution in [0.15, 0.2) is 71.6 Å². The summed E-state index contributed by atoms with van der Waals surface area (Å²) >= 11 is 6.22. The molecule has 4 rings (SSSR count). The van der Waals surface area contributed by atoms with E-state index >= 15 is 0 Å². The number of halogens is 1. The number of nitrogens with one attached hydrogen (secondary N) is 1. The molecule has 0 radical (unpaired) electrons. The van der Waals surface area contributed by atoms with E-state index in [1.54, 1.807) is 10.6 Å². The Morgan fingerprint density at radius 2 is 1.75 bits per heavy atom. The number of nitro groups is 1. The van der Waals surface area contributed by atoms with Crippen LogP contribution < -0.4 is 9.46 Å². The number of hydrogen-bond acceptors (Lipinski definition) is 6. The maximum Gasteiger partial charge on any atom is 0.281 e. The molecule has 9 nitrogen and oxygen atoms in total. The number of nitrogens with zero attached hydrogens (tertiary/aromatic N) is 2. The number of rotatable bonds is 8. The summed E-state index contributed by atoms with van der Waals surface area (Å²) < 4.78 is 35.2. The molecule has 0 bridgehead atoms. The van der Waals surface area contributed by atoms with Gasteiger partial charge in [0.15, 0.2) is 0 Å². The first kappa shape index (κ1) is 25.2. The zero-order valence-corrected chi connectivity index (χ0v) is 21.0. The summed E-state index contributed by atoms with van der Waals surface area (Å²) in [5.74, 6) is -0.235. The van der Waals surface area contributed by atoms with E-state index in [0.29, 0.717) is 10.8 Å². The number of amides is 1. The van der Waals surface area contributed by atoms with Gasteiger partial charge in [-0.1, -0.05) is 35.9 Å². The van der Waals surface area contributed by atoms with Gasteiger partial charge in [0.1, 0.15) is 18.1 Å². The third kappa shape index (κ3) is 5.19. The second-order valence-electron chi connectivity index (χ2n) is 8.15. The highest BCUT2D eigenvalue weighted by molar-refractivity contribution is 7.90. The largest absolute Gasteiger partial charge is 0.492 e. The molecule has 0 saturated heterocycles. The Balaban J connectivity index is 1.59. The topological polar surface area (TPSA) is 121 Å². The number of carbonyl (C=O) groups is 1. The van der Waals surface area contributed by atoms with E-state index in [9.17, 15) is 23.3 Å². The van der Waals surface area contributed by atoms with Crippen molar-refractivity contribution < 1.29 is 22.9 Å². The number of fused-ring (bicyclic) bond motifs is 1. The van der Waals surface area contributed by atoms with Crippen LogP contribution in [0, 0.1) is 24.0 Å². The Kier molecular flexibility index (Phi) is 7.00. The Bertz CT molecular complexity index is 1570. The average molecular weight is 528 g/mol. The Labute approximate surface area is 212 Å². The molecule has 1 N–H and O–H groups in total. The van der Waals surface area contributed by atoms with Crippen molar-refractivity contribution in [2.24, 2.45) is 0 Å². The van der Waals surface area contributed by atoms with Crippen LogP contribution in [-0.4, -0.2) is 30.4 Å². The van der Waals surface area contributed by atoms with Gasteiger partial charge in [0.05, 0.1) is 16.4 Å². The number of benzene rings is 3. The van der Waals surface area contributed by atoms with Crippen LogP contribution in [0.25, 0.3) is 10.9 Å². The van der Waals surface area contributed by atoms with Crippen molar-refractivity contribution in [3.63, 3.8) is 0 Å². The number of para-hydroxylation sites is 1. The number of nitro benzene ring substituents is 1. The summed E-state index contributed by atoms with van der Waals surface area (Å²) in [6.07, 6.45) is 0. The fourth-order valence-corrected chi connectivity index (χ4v) is 4.99. The van der Waals surface area contributed by atoms with E-state index in [1.165, 1.54) is 18.2 Å². The van der Waals surface area contributed by atoms with Crippen molar-refractivity contribution >= 4 is 44.1 Å². The maximum atomic E-state index is 13.1. The van der Waals surface area contributed by atoms with Crippen LogP contribution in [0.1, 0.15) is 21.6 Å². The van der Waals surface area contributed by atoms with Crippen LogP contribution in [0.5, 0.6) is 5.75 Å². The third-order valence-corrected chi connectivity index (χ3v) is 7.53. The average Bonchev–Trinajstić information content (AvgIpc) is 3.21. The van der Waals surface area contributed by atoms with E-state index in [-0.39, 0.29) is 23.7 Å². The van der Waals surface area contributed by atoms with Gasteiger partial charge in [-0.2, -0.15) is 0 Å². The van der Waals surface area contributed by atoms with Crippen LogP contribution in [0.3, 0.4) is 0 Å². The third-order valence-electron chi connectivity index (χ3n) is 5.60. The van der Waals surface area contributed by atoms with Crippen molar-refractivity contribution in [1.82, 2.24) is 9.29 Å². The van der Waals surface area contributed by atoms with Gasteiger partial charge in [0.2, 0.25) is 0 Å². The summed E-state index contributed by atoms with van der Waals surface area (Å²) in [5, 5.41) is 12.4. The summed E-state index contributed by atoms with van der Waals surface area (Å²) in [4.78, 5) is 23.0. The van der Waals surface area contributed by atoms with Crippen molar-refractivity contribution in [3.05, 3.63) is 98.7 Å². The van der Waals surface area contributed by atoms with E-state index in [2.05, 4.69) is 0 Å². The van der Waals surface area contributed by atoms with Crippen molar-refractivity contribution in [3.8, 4) is 5.75 Å². The van der Waals surface area contributed by atoms with Crippen molar-refractivity contribution in [1.29, 1.82) is 0 Å². The summed E-state index contributed by atoms with van der Waals surface area (Å²) in [5.41, 5.74) is 2.19. The molecule has 186 valence electrons. The maximum absolute atomic E-state index is 13.1. The van der Waals surface area contributed by atoms with Crippen molar-refractivity contribution in [2.75, 3.05) is 6.61 Å². The van der Waals surface area contributed by atoms with Gasteiger partial charge >= 0.3 is 0 Å². The van der Waals surface area contributed by atoms with Crippen LogP contribution in [0.4, 0.5) is 5.69 Å². The van der Waals surface area contributed by atoms with E-state index in [4.69, 9.17) is 16.3 Å². The summed E-state index contributed by atoms with van der Waals surface area (Å²) in [6, 6.07) is 17.0. The molecule has 0 spiro atoms. The molecule has 0 aliphatic carbocycles. The van der Waals surface area contributed by atoms with E-state index in [0.717, 1.165) is 28.1 Å². The highest BCUT2D eigenvalue weighted by Crippen LogP contribution is 2.26. The van der Waals surface area contributed by atoms with Gasteiger partial charge in [0.25, 0.3) is 21.6 Å². The summed E-state index contributed by atoms with van der Waals surface area (Å²) in [6.45, 7) is 4.22. The lowest BCUT2D eigenvalue weighted by atomic mass is 10.1. The molecule has 0 atom stereocenters. The van der Waals surface area contributed by atoms with Crippen LogP contribution >= 0.6 is 11.6 Å². The SMILES string of the molecule is Cc1cc(OCCn2c(C(=O)NS(=O)(=O)c3cccc([N+](=O)[O-])c3)cc3ccccc32)cc(C)c1Cl. The molecule has 0 aliphatic rings. The Morgan fingerprint density at radius 1 is 1.06 bits per heavy atom. The molecule has 0 aliphatic heterocycles. The monoisotopic (exact) mass is 527 g/mol. The van der Waals surface area contributed by atoms with Gasteiger partial charge in [-0.05, 0) is 55.3 Å². The number of non-ortho nitro benzene ring substituents is 1. The lowest BCUT2D eigenvalue weighted by Gasteiger charge is -2.14. The smallest absolute Gasteiger partial charge is 0.281 e. The first-order chi connectivity index (χ1) is 17.1. The lowest BCUT2D eigenvalue weighted by molar-refractivity contribution is -0.385. The van der Waals surface area contributed by atoms with Gasteiger partial charge in [-0.25, -0.2) is 13.1 Å². The fourth-order valence-electron chi connectivity index (χ4n) is 3.88. The van der Waals surface area contributed by atoms with E-state index < -0.39 is 26.5 Å². The van der Waals surface area contributed by atoms with Gasteiger partial charge in [-0.15, -0.1) is 0 Å². The molecular formula is C25H22ClN3O6S. The molecule has 0 fully saturated rings. The molecule has 0 saturated carbocycles. The molecule has 11 heteroatoms. The summed E-state index contributed by atoms with van der Waals surface area (Å²) in [7, 11) is -4.36. The number of aromatic nitrogens is 1.